The lowest BCUT2D eigenvalue weighted by molar-refractivity contribution is -0.125. The van der Waals surface area contributed by atoms with Gasteiger partial charge in [0.1, 0.15) is 0 Å². The van der Waals surface area contributed by atoms with Crippen molar-refractivity contribution in [2.24, 2.45) is 5.41 Å². The number of carbonyl (C=O) groups excluding carboxylic acids is 1. The van der Waals surface area contributed by atoms with Gasteiger partial charge in [0.2, 0.25) is 5.91 Å². The predicted molar refractivity (Wildman–Crippen MR) is 85.7 cm³/mol. The molecule has 21 heavy (non-hydrogen) atoms. The minimum Gasteiger partial charge on any atom is -0.305 e. The molecule has 2 aliphatic rings. The first-order chi connectivity index (χ1) is 10.2. The molecule has 1 spiro atoms. The molecule has 1 saturated heterocycles. The SMILES string of the molecule is Cc1cccc2sc(NC(=O)C3NCC34CCCC4)nc12. The largest absolute Gasteiger partial charge is 0.305 e. The Morgan fingerprint density at radius 1 is 1.43 bits per heavy atom. The normalized spacial score (nSPS) is 23.4. The van der Waals surface area contributed by atoms with E-state index in [9.17, 15) is 4.79 Å². The second kappa shape index (κ2) is 4.78. The van der Waals surface area contributed by atoms with E-state index in [-0.39, 0.29) is 17.4 Å². The second-order valence-corrected chi connectivity index (χ2v) is 7.34. The van der Waals surface area contributed by atoms with Gasteiger partial charge in [-0.25, -0.2) is 4.98 Å². The third kappa shape index (κ3) is 2.07. The van der Waals surface area contributed by atoms with Gasteiger partial charge >= 0.3 is 0 Å². The molecule has 0 radical (unpaired) electrons. The molecule has 1 aliphatic heterocycles. The predicted octanol–water partition coefficient (Wildman–Crippen LogP) is 3.08. The first kappa shape index (κ1) is 13.2. The number of benzene rings is 1. The van der Waals surface area contributed by atoms with Crippen LogP contribution in [0.15, 0.2) is 18.2 Å². The van der Waals surface area contributed by atoms with Crippen molar-refractivity contribution in [3.63, 3.8) is 0 Å². The van der Waals surface area contributed by atoms with E-state index < -0.39 is 0 Å². The molecule has 0 bridgehead atoms. The smallest absolute Gasteiger partial charge is 0.243 e. The monoisotopic (exact) mass is 301 g/mol. The molecular formula is C16H19N3OS. The van der Waals surface area contributed by atoms with Gasteiger partial charge in [-0.3, -0.25) is 4.79 Å². The van der Waals surface area contributed by atoms with Crippen molar-refractivity contribution in [2.45, 2.75) is 38.6 Å². The number of thiazole rings is 1. The summed E-state index contributed by atoms with van der Waals surface area (Å²) >= 11 is 1.55. The van der Waals surface area contributed by atoms with Crippen LogP contribution < -0.4 is 10.6 Å². The molecule has 4 rings (SSSR count). The molecular weight excluding hydrogens is 282 g/mol. The van der Waals surface area contributed by atoms with E-state index in [0.717, 1.165) is 22.3 Å². The Balaban J connectivity index is 1.54. The number of aromatic nitrogens is 1. The minimum absolute atomic E-state index is 0.0342. The molecule has 1 aliphatic carbocycles. The highest BCUT2D eigenvalue weighted by atomic mass is 32.1. The number of nitrogens with zero attached hydrogens (tertiary/aromatic N) is 1. The summed E-state index contributed by atoms with van der Waals surface area (Å²) in [5.41, 5.74) is 2.37. The van der Waals surface area contributed by atoms with Gasteiger partial charge in [-0.15, -0.1) is 0 Å². The second-order valence-electron chi connectivity index (χ2n) is 6.31. The minimum atomic E-state index is -0.0342. The van der Waals surface area contributed by atoms with Crippen LogP contribution in [0.1, 0.15) is 31.2 Å². The molecule has 1 unspecified atom stereocenters. The van der Waals surface area contributed by atoms with Crippen LogP contribution in [0.25, 0.3) is 10.2 Å². The van der Waals surface area contributed by atoms with Crippen LogP contribution in [0.5, 0.6) is 0 Å². The van der Waals surface area contributed by atoms with Gasteiger partial charge in [0.05, 0.1) is 16.3 Å². The summed E-state index contributed by atoms with van der Waals surface area (Å²) in [4.78, 5) is 17.1. The van der Waals surface area contributed by atoms with Gasteiger partial charge in [-0.05, 0) is 31.4 Å². The molecule has 1 atom stereocenters. The lowest BCUT2D eigenvalue weighted by atomic mass is 9.71. The number of aryl methyl sites for hydroxylation is 1. The molecule has 4 nitrogen and oxygen atoms in total. The summed E-state index contributed by atoms with van der Waals surface area (Å²) in [5.74, 6) is 0.0832. The Hall–Kier alpha value is -1.46. The quantitative estimate of drug-likeness (QED) is 0.896. The summed E-state index contributed by atoms with van der Waals surface area (Å²) in [6.45, 7) is 3.04. The molecule has 1 saturated carbocycles. The zero-order valence-corrected chi connectivity index (χ0v) is 12.9. The molecule has 2 fully saturated rings. The fourth-order valence-electron chi connectivity index (χ4n) is 3.73. The van der Waals surface area contributed by atoms with Gasteiger partial charge in [0.15, 0.2) is 5.13 Å². The highest BCUT2D eigenvalue weighted by Crippen LogP contribution is 2.45. The fourth-order valence-corrected chi connectivity index (χ4v) is 4.67. The van der Waals surface area contributed by atoms with E-state index in [0.29, 0.717) is 5.13 Å². The number of amides is 1. The lowest BCUT2D eigenvalue weighted by Crippen LogP contribution is -2.66. The van der Waals surface area contributed by atoms with Crippen molar-refractivity contribution >= 4 is 32.6 Å². The summed E-state index contributed by atoms with van der Waals surface area (Å²) < 4.78 is 1.13. The molecule has 110 valence electrons. The summed E-state index contributed by atoms with van der Waals surface area (Å²) in [6, 6.07) is 6.10. The van der Waals surface area contributed by atoms with Crippen molar-refractivity contribution in [3.8, 4) is 0 Å². The summed E-state index contributed by atoms with van der Waals surface area (Å²) in [5, 5.41) is 7.04. The molecule has 2 aromatic rings. The van der Waals surface area contributed by atoms with E-state index in [1.54, 1.807) is 11.3 Å². The molecule has 1 aromatic heterocycles. The Bertz CT molecular complexity index is 703. The number of nitrogens with one attached hydrogen (secondary N) is 2. The maximum atomic E-state index is 12.5. The Morgan fingerprint density at radius 2 is 2.24 bits per heavy atom. The van der Waals surface area contributed by atoms with Gasteiger partial charge in [-0.1, -0.05) is 36.3 Å². The van der Waals surface area contributed by atoms with Crippen molar-refractivity contribution in [2.75, 3.05) is 11.9 Å². The number of fused-ring (bicyclic) bond motifs is 1. The van der Waals surface area contributed by atoms with Crippen molar-refractivity contribution in [1.82, 2.24) is 10.3 Å². The standard InChI is InChI=1S/C16H19N3OS/c1-10-5-4-6-11-12(10)18-15(21-11)19-14(20)13-16(9-17-13)7-2-3-8-16/h4-6,13,17H,2-3,7-9H2,1H3,(H,18,19,20). The van der Waals surface area contributed by atoms with Gasteiger partial charge in [0, 0.05) is 12.0 Å². The third-order valence-electron chi connectivity index (χ3n) is 4.98. The van der Waals surface area contributed by atoms with E-state index in [1.165, 1.54) is 25.7 Å². The Morgan fingerprint density at radius 3 is 2.90 bits per heavy atom. The van der Waals surface area contributed by atoms with Gasteiger partial charge in [-0.2, -0.15) is 0 Å². The third-order valence-corrected chi connectivity index (χ3v) is 5.92. The first-order valence-corrected chi connectivity index (χ1v) is 8.40. The van der Waals surface area contributed by atoms with E-state index >= 15 is 0 Å². The van der Waals surface area contributed by atoms with Crippen LogP contribution in [-0.4, -0.2) is 23.5 Å². The average molecular weight is 301 g/mol. The Labute approximate surface area is 128 Å². The lowest BCUT2D eigenvalue weighted by Gasteiger charge is -2.47. The van der Waals surface area contributed by atoms with Gasteiger partial charge in [0.25, 0.3) is 0 Å². The van der Waals surface area contributed by atoms with Crippen LogP contribution in [0.2, 0.25) is 0 Å². The van der Waals surface area contributed by atoms with Crippen LogP contribution in [0, 0.1) is 12.3 Å². The van der Waals surface area contributed by atoms with Crippen molar-refractivity contribution in [3.05, 3.63) is 23.8 Å². The maximum absolute atomic E-state index is 12.5. The molecule has 2 heterocycles. The number of hydrogen-bond acceptors (Lipinski definition) is 4. The molecule has 1 amide bonds. The highest BCUT2D eigenvalue weighted by Gasteiger charge is 2.51. The van der Waals surface area contributed by atoms with Crippen LogP contribution in [0.4, 0.5) is 5.13 Å². The summed E-state index contributed by atoms with van der Waals surface area (Å²) in [6.07, 6.45) is 4.87. The topological polar surface area (TPSA) is 54.0 Å². The van der Waals surface area contributed by atoms with E-state index in [2.05, 4.69) is 34.7 Å². The summed E-state index contributed by atoms with van der Waals surface area (Å²) in [7, 11) is 0. The van der Waals surface area contributed by atoms with Crippen molar-refractivity contribution in [1.29, 1.82) is 0 Å². The van der Waals surface area contributed by atoms with Crippen LogP contribution in [0.3, 0.4) is 0 Å². The number of carbonyl (C=O) groups is 1. The zero-order chi connectivity index (χ0) is 14.4. The number of anilines is 1. The van der Waals surface area contributed by atoms with Gasteiger partial charge < -0.3 is 10.6 Å². The number of hydrogen-bond donors (Lipinski definition) is 2. The van der Waals surface area contributed by atoms with Crippen molar-refractivity contribution < 1.29 is 4.79 Å². The van der Waals surface area contributed by atoms with Crippen LogP contribution >= 0.6 is 11.3 Å². The first-order valence-electron chi connectivity index (χ1n) is 7.58. The van der Waals surface area contributed by atoms with E-state index in [4.69, 9.17) is 0 Å². The maximum Gasteiger partial charge on any atom is 0.243 e. The number of rotatable bonds is 2. The average Bonchev–Trinajstić information content (AvgIpc) is 3.05. The molecule has 1 aromatic carbocycles. The van der Waals surface area contributed by atoms with Crippen LogP contribution in [-0.2, 0) is 4.79 Å². The number of para-hydroxylation sites is 1. The highest BCUT2D eigenvalue weighted by molar-refractivity contribution is 7.22. The fraction of sp³-hybridized carbons (Fsp3) is 0.500. The zero-order valence-electron chi connectivity index (χ0n) is 12.1. The Kier molecular flexibility index (Phi) is 3.01. The molecule has 5 heteroatoms. The molecule has 2 N–H and O–H groups in total. The van der Waals surface area contributed by atoms with E-state index in [1.807, 2.05) is 6.07 Å².